The van der Waals surface area contributed by atoms with Crippen molar-refractivity contribution in [3.8, 4) is 44.5 Å². The molecule has 0 saturated carbocycles. The van der Waals surface area contributed by atoms with Crippen LogP contribution >= 0.6 is 0 Å². The SMILES string of the molecule is c1ccc(-c2cc3ccccc3cc2N(c2ccc3c(c2)C2(c4ccccc4-c4ccc(-c5ccccc5)c5cccc2c45)c2cccc4cccc-3c24)c2ccc3ccccc3c2)cc1. The minimum absolute atomic E-state index is 0.654. The van der Waals surface area contributed by atoms with Crippen LogP contribution in [0.3, 0.4) is 0 Å². The molecular weight excluding hydrogens is 795 g/mol. The van der Waals surface area contributed by atoms with Crippen LogP contribution in [0, 0.1) is 0 Å². The molecular formula is C65H41N. The fourth-order valence-electron chi connectivity index (χ4n) is 11.8. The van der Waals surface area contributed by atoms with Crippen LogP contribution in [0.15, 0.2) is 249 Å². The summed E-state index contributed by atoms with van der Waals surface area (Å²) in [6.45, 7) is 0. The van der Waals surface area contributed by atoms with E-state index in [0.29, 0.717) is 0 Å². The van der Waals surface area contributed by atoms with Crippen LogP contribution in [0.4, 0.5) is 17.1 Å². The quantitative estimate of drug-likeness (QED) is 0.167. The maximum atomic E-state index is 2.55. The fourth-order valence-corrected chi connectivity index (χ4v) is 11.8. The van der Waals surface area contributed by atoms with Crippen molar-refractivity contribution in [1.29, 1.82) is 0 Å². The van der Waals surface area contributed by atoms with E-state index in [0.717, 1.165) is 17.1 Å². The zero-order chi connectivity index (χ0) is 43.3. The summed E-state index contributed by atoms with van der Waals surface area (Å²) in [6, 6.07) is 93.2. The van der Waals surface area contributed by atoms with Gasteiger partial charge in [-0.2, -0.15) is 0 Å². The van der Waals surface area contributed by atoms with Crippen molar-refractivity contribution in [2.75, 3.05) is 4.90 Å². The molecule has 12 aromatic rings. The van der Waals surface area contributed by atoms with E-state index in [9.17, 15) is 0 Å². The van der Waals surface area contributed by atoms with E-state index in [2.05, 4.69) is 254 Å². The lowest BCUT2D eigenvalue weighted by Gasteiger charge is -2.46. The van der Waals surface area contributed by atoms with Crippen LogP contribution in [0.2, 0.25) is 0 Å². The van der Waals surface area contributed by atoms with Gasteiger partial charge in [-0.3, -0.25) is 0 Å². The van der Waals surface area contributed by atoms with Gasteiger partial charge in [0, 0.05) is 16.9 Å². The number of anilines is 3. The smallest absolute Gasteiger partial charge is 0.0726 e. The highest BCUT2D eigenvalue weighted by atomic mass is 15.1. The van der Waals surface area contributed by atoms with Gasteiger partial charge < -0.3 is 4.90 Å². The molecule has 1 heteroatoms. The Morgan fingerprint density at radius 1 is 0.258 bits per heavy atom. The summed E-state index contributed by atoms with van der Waals surface area (Å²) in [7, 11) is 0. The van der Waals surface area contributed by atoms with E-state index in [1.807, 2.05) is 0 Å². The molecule has 66 heavy (non-hydrogen) atoms. The Bertz CT molecular complexity index is 3940. The van der Waals surface area contributed by atoms with Crippen molar-refractivity contribution in [2.45, 2.75) is 5.41 Å². The molecule has 1 unspecified atom stereocenters. The predicted octanol–water partition coefficient (Wildman–Crippen LogP) is 17.4. The maximum Gasteiger partial charge on any atom is 0.0726 e. The molecule has 1 atom stereocenters. The molecule has 2 aliphatic carbocycles. The molecule has 0 saturated heterocycles. The van der Waals surface area contributed by atoms with E-state index in [4.69, 9.17) is 0 Å². The highest BCUT2D eigenvalue weighted by molar-refractivity contribution is 6.14. The minimum atomic E-state index is -0.654. The second-order valence-electron chi connectivity index (χ2n) is 17.9. The third-order valence-electron chi connectivity index (χ3n) is 14.6. The molecule has 306 valence electrons. The highest BCUT2D eigenvalue weighted by Gasteiger charge is 2.49. The molecule has 0 N–H and O–H groups in total. The maximum absolute atomic E-state index is 2.55. The number of nitrogens with zero attached hydrogens (tertiary/aromatic N) is 1. The van der Waals surface area contributed by atoms with Crippen LogP contribution in [0.5, 0.6) is 0 Å². The first-order valence-corrected chi connectivity index (χ1v) is 23.0. The Morgan fingerprint density at radius 3 is 1.55 bits per heavy atom. The summed E-state index contributed by atoms with van der Waals surface area (Å²) in [4.78, 5) is 2.52. The molecule has 0 radical (unpaired) electrons. The van der Waals surface area contributed by atoms with E-state index in [1.165, 1.54) is 110 Å². The molecule has 14 rings (SSSR count). The normalized spacial score (nSPS) is 14.4. The Hall–Kier alpha value is -8.52. The lowest BCUT2D eigenvalue weighted by molar-refractivity contribution is 0.754. The number of hydrogen-bond donors (Lipinski definition) is 0. The van der Waals surface area contributed by atoms with Gasteiger partial charge >= 0.3 is 0 Å². The summed E-state index contributed by atoms with van der Waals surface area (Å²) >= 11 is 0. The predicted molar refractivity (Wildman–Crippen MR) is 278 cm³/mol. The average Bonchev–Trinajstić information content (AvgIpc) is 3.39. The van der Waals surface area contributed by atoms with Crippen molar-refractivity contribution >= 4 is 60.2 Å². The zero-order valence-corrected chi connectivity index (χ0v) is 36.1. The van der Waals surface area contributed by atoms with E-state index >= 15 is 0 Å². The number of rotatable bonds is 5. The zero-order valence-electron chi connectivity index (χ0n) is 36.1. The van der Waals surface area contributed by atoms with Gasteiger partial charge in [0.05, 0.1) is 11.1 Å². The largest absolute Gasteiger partial charge is 0.310 e. The molecule has 0 aromatic heterocycles. The molecule has 1 spiro atoms. The first-order chi connectivity index (χ1) is 32.7. The third-order valence-corrected chi connectivity index (χ3v) is 14.6. The molecule has 0 fully saturated rings. The van der Waals surface area contributed by atoms with Crippen LogP contribution in [0.1, 0.15) is 22.3 Å². The Kier molecular flexibility index (Phi) is 7.97. The van der Waals surface area contributed by atoms with Gasteiger partial charge in [0.2, 0.25) is 0 Å². The fraction of sp³-hybridized carbons (Fsp3) is 0.0154. The lowest BCUT2D eigenvalue weighted by atomic mass is 9.55. The van der Waals surface area contributed by atoms with Crippen LogP contribution in [-0.2, 0) is 5.41 Å². The van der Waals surface area contributed by atoms with E-state index in [-0.39, 0.29) is 0 Å². The van der Waals surface area contributed by atoms with Gasteiger partial charge in [-0.1, -0.05) is 212 Å². The summed E-state index contributed by atoms with van der Waals surface area (Å²) in [6.07, 6.45) is 0. The summed E-state index contributed by atoms with van der Waals surface area (Å²) in [5, 5.41) is 10.0. The number of benzene rings is 12. The molecule has 12 aromatic carbocycles. The van der Waals surface area contributed by atoms with Gasteiger partial charge in [-0.25, -0.2) is 0 Å². The summed E-state index contributed by atoms with van der Waals surface area (Å²) in [5.74, 6) is 0. The van der Waals surface area contributed by atoms with Crippen molar-refractivity contribution in [3.63, 3.8) is 0 Å². The van der Waals surface area contributed by atoms with Crippen molar-refractivity contribution in [3.05, 3.63) is 271 Å². The molecule has 0 aliphatic heterocycles. The number of hydrogen-bond acceptors (Lipinski definition) is 1. The van der Waals surface area contributed by atoms with Gasteiger partial charge in [-0.05, 0) is 141 Å². The molecule has 2 aliphatic rings. The van der Waals surface area contributed by atoms with Gasteiger partial charge in [0.1, 0.15) is 0 Å². The standard InChI is InChI=1S/C65H41N/c1-3-17-43(18-4-1)51-36-37-56-52-26-11-12-29-58(52)65(60-31-15-28-54(51)64(56)60)59-30-14-25-45-24-13-27-55(63(45)59)53-35-34-50(41-61(53)65)66(49-33-32-42-16-7-8-21-46(42)38-49)62-40-48-23-10-9-22-47(48)39-57(62)44-19-5-2-6-20-44/h1-41H. The van der Waals surface area contributed by atoms with Crippen molar-refractivity contribution in [1.82, 2.24) is 0 Å². The first kappa shape index (κ1) is 36.9. The average molecular weight is 836 g/mol. The molecule has 1 nitrogen and oxygen atoms in total. The van der Waals surface area contributed by atoms with Gasteiger partial charge in [0.25, 0.3) is 0 Å². The third kappa shape index (κ3) is 5.23. The highest BCUT2D eigenvalue weighted by Crippen LogP contribution is 2.62. The monoisotopic (exact) mass is 835 g/mol. The summed E-state index contributed by atoms with van der Waals surface area (Å²) in [5.41, 5.74) is 17.9. The van der Waals surface area contributed by atoms with Crippen molar-refractivity contribution in [2.24, 2.45) is 0 Å². The Morgan fingerprint density at radius 2 is 0.758 bits per heavy atom. The summed E-state index contributed by atoms with van der Waals surface area (Å²) < 4.78 is 0. The first-order valence-electron chi connectivity index (χ1n) is 23.0. The molecule has 0 amide bonds. The Balaban J connectivity index is 1.13. The van der Waals surface area contributed by atoms with Crippen LogP contribution < -0.4 is 4.90 Å². The minimum Gasteiger partial charge on any atom is -0.310 e. The molecule has 0 heterocycles. The topological polar surface area (TPSA) is 3.24 Å². The second kappa shape index (κ2) is 14.2. The van der Waals surface area contributed by atoms with E-state index < -0.39 is 5.41 Å². The van der Waals surface area contributed by atoms with Crippen LogP contribution in [-0.4, -0.2) is 0 Å². The Labute approximate surface area is 384 Å². The van der Waals surface area contributed by atoms with Crippen molar-refractivity contribution < 1.29 is 0 Å². The van der Waals surface area contributed by atoms with Gasteiger partial charge in [-0.15, -0.1) is 0 Å². The second-order valence-corrected chi connectivity index (χ2v) is 17.9. The van der Waals surface area contributed by atoms with Gasteiger partial charge in [0.15, 0.2) is 0 Å². The number of fused-ring (bicyclic) bond motifs is 10. The molecule has 0 bridgehead atoms. The van der Waals surface area contributed by atoms with Crippen LogP contribution in [0.25, 0.3) is 87.6 Å². The van der Waals surface area contributed by atoms with E-state index in [1.54, 1.807) is 0 Å². The lowest BCUT2D eigenvalue weighted by Crippen LogP contribution is -2.36.